The molecule has 1 heterocycles. The molecule has 2 N–H and O–H groups in total. The minimum Gasteiger partial charge on any atom is -0.487 e. The summed E-state index contributed by atoms with van der Waals surface area (Å²) < 4.78 is 105. The van der Waals surface area contributed by atoms with Gasteiger partial charge < -0.3 is 15.2 Å². The molecule has 0 atom stereocenters. The molecule has 242 valence electrons. The van der Waals surface area contributed by atoms with E-state index in [9.17, 15) is 30.8 Å². The number of nitrogens with two attached hydrogens (primary N) is 1. The van der Waals surface area contributed by atoms with Gasteiger partial charge in [0.15, 0.2) is 33.0 Å². The number of aromatic nitrogens is 2. The number of sulfone groups is 1. The van der Waals surface area contributed by atoms with E-state index in [1.165, 1.54) is 48.7 Å². The summed E-state index contributed by atoms with van der Waals surface area (Å²) in [4.78, 5) is 13.6. The highest BCUT2D eigenvalue weighted by Gasteiger charge is 2.27. The van der Waals surface area contributed by atoms with Crippen LogP contribution in [0.4, 0.5) is 27.8 Å². The number of aryl methyl sites for hydroxylation is 1. The fourth-order valence-corrected chi connectivity index (χ4v) is 6.52. The molecule has 0 spiro atoms. The Morgan fingerprint density at radius 1 is 1.09 bits per heavy atom. The van der Waals surface area contributed by atoms with Gasteiger partial charge in [-0.25, -0.2) is 30.7 Å². The number of anilines is 1. The fraction of sp³-hybridized carbons (Fsp3) is 0.250. The molecule has 14 heteroatoms. The predicted molar refractivity (Wildman–Crippen MR) is 161 cm³/mol. The number of nitrogen functional groups attached to an aromatic ring is 1. The third-order valence-corrected chi connectivity index (χ3v) is 8.87. The van der Waals surface area contributed by atoms with Crippen molar-refractivity contribution >= 4 is 27.5 Å². The summed E-state index contributed by atoms with van der Waals surface area (Å²) in [6.45, 7) is -0.239. The summed E-state index contributed by atoms with van der Waals surface area (Å²) in [5.74, 6) is -3.25. The lowest BCUT2D eigenvalue weighted by Crippen LogP contribution is -2.13. The number of carbonyl (C=O) groups is 1. The summed E-state index contributed by atoms with van der Waals surface area (Å²) >= 11 is 0. The standard InChI is InChI=1S/C32H28F5N3O5S/c1-18-9-23(45-27-6-3-2-5-25(27)34)14-26(35)30(18)40-32(38)24(15-39-40)31(41)21-10-19-12-22(17-46(42,43)8-4-7-33)28(13-20(19)11-21)44-16-29(36)37/h2-3,5-6,9,11-15,29H,4,7-8,10,16-17,38H2,1H3. The van der Waals surface area contributed by atoms with E-state index in [1.807, 2.05) is 0 Å². The van der Waals surface area contributed by atoms with E-state index in [1.54, 1.807) is 13.0 Å². The molecule has 1 aliphatic rings. The highest BCUT2D eigenvalue weighted by atomic mass is 32.2. The van der Waals surface area contributed by atoms with Gasteiger partial charge in [0.1, 0.15) is 29.6 Å². The molecule has 0 fully saturated rings. The Labute approximate surface area is 261 Å². The van der Waals surface area contributed by atoms with Crippen molar-refractivity contribution < 1.29 is 44.6 Å². The lowest BCUT2D eigenvalue weighted by atomic mass is 10.0. The number of ether oxygens (including phenoxy) is 2. The zero-order valence-corrected chi connectivity index (χ0v) is 25.2. The van der Waals surface area contributed by atoms with E-state index >= 15 is 4.39 Å². The van der Waals surface area contributed by atoms with E-state index in [4.69, 9.17) is 15.2 Å². The number of allylic oxidation sites excluding steroid dienone is 1. The fourth-order valence-electron chi connectivity index (χ4n) is 5.12. The maximum atomic E-state index is 15.3. The molecule has 0 aliphatic heterocycles. The van der Waals surface area contributed by atoms with Crippen LogP contribution in [0, 0.1) is 18.6 Å². The second-order valence-corrected chi connectivity index (χ2v) is 12.8. The molecule has 46 heavy (non-hydrogen) atoms. The third-order valence-electron chi connectivity index (χ3n) is 7.21. The number of hydrogen-bond acceptors (Lipinski definition) is 7. The molecule has 0 bridgehead atoms. The monoisotopic (exact) mass is 661 g/mol. The van der Waals surface area contributed by atoms with Gasteiger partial charge in [-0.1, -0.05) is 18.2 Å². The summed E-state index contributed by atoms with van der Waals surface area (Å²) in [7, 11) is -3.78. The van der Waals surface area contributed by atoms with Crippen molar-refractivity contribution in [1.82, 2.24) is 9.78 Å². The van der Waals surface area contributed by atoms with E-state index < -0.39 is 58.5 Å². The van der Waals surface area contributed by atoms with E-state index in [2.05, 4.69) is 5.10 Å². The molecule has 8 nitrogen and oxygen atoms in total. The number of alkyl halides is 3. The minimum absolute atomic E-state index is 0.0336. The van der Waals surface area contributed by atoms with Crippen molar-refractivity contribution in [3.05, 3.63) is 99.8 Å². The maximum absolute atomic E-state index is 15.3. The van der Waals surface area contributed by atoms with Crippen LogP contribution < -0.4 is 15.2 Å². The average molecular weight is 662 g/mol. The zero-order valence-electron chi connectivity index (χ0n) is 24.4. The lowest BCUT2D eigenvalue weighted by molar-refractivity contribution is 0.0815. The first-order chi connectivity index (χ1) is 21.9. The van der Waals surface area contributed by atoms with Crippen molar-refractivity contribution in [2.45, 2.75) is 31.9 Å². The molecule has 1 aliphatic carbocycles. The first kappa shape index (κ1) is 32.7. The zero-order chi connectivity index (χ0) is 33.2. The summed E-state index contributed by atoms with van der Waals surface area (Å²) in [6, 6.07) is 11.0. The van der Waals surface area contributed by atoms with Crippen molar-refractivity contribution in [3.63, 3.8) is 0 Å². The number of halogens is 5. The van der Waals surface area contributed by atoms with Crippen LogP contribution in [0.5, 0.6) is 17.2 Å². The van der Waals surface area contributed by atoms with Gasteiger partial charge in [-0.05, 0) is 60.4 Å². The average Bonchev–Trinajstić information content (AvgIpc) is 3.58. The molecule has 0 radical (unpaired) electrons. The summed E-state index contributed by atoms with van der Waals surface area (Å²) in [6.07, 6.45) is -0.276. The van der Waals surface area contributed by atoms with Crippen LogP contribution in [-0.2, 0) is 22.0 Å². The normalized spacial score (nSPS) is 12.7. The van der Waals surface area contributed by atoms with Crippen LogP contribution >= 0.6 is 0 Å². The first-order valence-electron chi connectivity index (χ1n) is 14.0. The number of para-hydroxylation sites is 1. The molecule has 1 aromatic heterocycles. The van der Waals surface area contributed by atoms with Crippen molar-refractivity contribution in [2.75, 3.05) is 24.8 Å². The number of hydrogen-bond donors (Lipinski definition) is 1. The van der Waals surface area contributed by atoms with Gasteiger partial charge in [0, 0.05) is 23.6 Å². The van der Waals surface area contributed by atoms with Crippen molar-refractivity contribution in [2.24, 2.45) is 0 Å². The van der Waals surface area contributed by atoms with Gasteiger partial charge in [-0.3, -0.25) is 9.18 Å². The Morgan fingerprint density at radius 2 is 1.85 bits per heavy atom. The van der Waals surface area contributed by atoms with Gasteiger partial charge in [0.25, 0.3) is 6.43 Å². The predicted octanol–water partition coefficient (Wildman–Crippen LogP) is 6.57. The quantitative estimate of drug-likeness (QED) is 0.127. The number of carbonyl (C=O) groups excluding carboxylic acids is 1. The van der Waals surface area contributed by atoms with Gasteiger partial charge >= 0.3 is 0 Å². The number of ketones is 1. The Morgan fingerprint density at radius 3 is 2.54 bits per heavy atom. The topological polar surface area (TPSA) is 114 Å². The Kier molecular flexibility index (Phi) is 9.47. The molecular weight excluding hydrogens is 633 g/mol. The molecule has 4 aromatic rings. The van der Waals surface area contributed by atoms with Crippen LogP contribution in [0.25, 0.3) is 11.8 Å². The summed E-state index contributed by atoms with van der Waals surface area (Å²) in [5.41, 5.74) is 7.87. The Balaban J connectivity index is 1.40. The van der Waals surface area contributed by atoms with Crippen LogP contribution in [0.2, 0.25) is 0 Å². The molecule has 0 unspecified atom stereocenters. The molecule has 0 saturated heterocycles. The SMILES string of the molecule is Cc1cc(Oc2ccccc2F)cc(F)c1-n1ncc(C(=O)C2=Cc3cc(OCC(F)F)c(CS(=O)(=O)CCCF)cc3C2)c1N. The smallest absolute Gasteiger partial charge is 0.272 e. The van der Waals surface area contributed by atoms with Crippen molar-refractivity contribution in [1.29, 1.82) is 0 Å². The highest BCUT2D eigenvalue weighted by Crippen LogP contribution is 2.36. The summed E-state index contributed by atoms with van der Waals surface area (Å²) in [5, 5.41) is 4.13. The molecule has 0 amide bonds. The van der Waals surface area contributed by atoms with E-state index in [-0.39, 0.29) is 58.3 Å². The van der Waals surface area contributed by atoms with Crippen molar-refractivity contribution in [3.8, 4) is 22.9 Å². The highest BCUT2D eigenvalue weighted by molar-refractivity contribution is 7.90. The van der Waals surface area contributed by atoms with Crippen LogP contribution in [-0.4, -0.2) is 49.4 Å². The molecular formula is C32H28F5N3O5S. The minimum atomic E-state index is -3.78. The molecule has 5 rings (SSSR count). The first-order valence-corrected chi connectivity index (χ1v) is 15.8. The number of rotatable bonds is 13. The lowest BCUT2D eigenvalue weighted by Gasteiger charge is -2.14. The maximum Gasteiger partial charge on any atom is 0.272 e. The largest absolute Gasteiger partial charge is 0.487 e. The van der Waals surface area contributed by atoms with E-state index in [0.717, 1.165) is 10.7 Å². The third kappa shape index (κ3) is 7.06. The van der Waals surface area contributed by atoms with E-state index in [0.29, 0.717) is 16.7 Å². The van der Waals surface area contributed by atoms with Gasteiger partial charge in [-0.2, -0.15) is 5.10 Å². The van der Waals surface area contributed by atoms with Crippen LogP contribution in [0.1, 0.15) is 39.0 Å². The second kappa shape index (κ2) is 13.3. The van der Waals surface area contributed by atoms with Gasteiger partial charge in [0.05, 0.1) is 29.9 Å². The molecule has 0 saturated carbocycles. The Bertz CT molecular complexity index is 1920. The number of Topliss-reactive ketones (excluding diaryl/α,β-unsaturated/α-hetero) is 1. The second-order valence-electron chi connectivity index (χ2n) is 10.6. The number of fused-ring (bicyclic) bond motifs is 1. The Hall–Kier alpha value is -4.72. The number of benzene rings is 3. The van der Waals surface area contributed by atoms with Gasteiger partial charge in [-0.15, -0.1) is 0 Å². The number of nitrogens with zero attached hydrogens (tertiary/aromatic N) is 2. The molecule has 3 aromatic carbocycles. The van der Waals surface area contributed by atoms with Crippen LogP contribution in [0.3, 0.4) is 0 Å². The van der Waals surface area contributed by atoms with Gasteiger partial charge in [0.2, 0.25) is 0 Å². The van der Waals surface area contributed by atoms with Crippen LogP contribution in [0.15, 0.2) is 60.3 Å².